The topological polar surface area (TPSA) is 32.3 Å². The van der Waals surface area contributed by atoms with Crippen LogP contribution in [0.3, 0.4) is 0 Å². The van der Waals surface area contributed by atoms with Crippen LogP contribution in [0.15, 0.2) is 0 Å². The summed E-state index contributed by atoms with van der Waals surface area (Å²) in [4.78, 5) is 0. The molecule has 2 atom stereocenters. The van der Waals surface area contributed by atoms with Crippen molar-refractivity contribution in [3.63, 3.8) is 0 Å². The Morgan fingerprint density at radius 1 is 1.25 bits per heavy atom. The SMILES string of the molecule is CCC(CC)(CO)CNCC1CCC(C)C1. The molecule has 1 aliphatic rings. The summed E-state index contributed by atoms with van der Waals surface area (Å²) in [6.45, 7) is 9.15. The molecule has 2 unspecified atom stereocenters. The minimum absolute atomic E-state index is 0.115. The Balaban J connectivity index is 2.23. The van der Waals surface area contributed by atoms with Crippen LogP contribution in [-0.2, 0) is 0 Å². The lowest BCUT2D eigenvalue weighted by Crippen LogP contribution is -2.38. The van der Waals surface area contributed by atoms with Crippen molar-refractivity contribution in [3.8, 4) is 0 Å². The van der Waals surface area contributed by atoms with Crippen LogP contribution < -0.4 is 5.32 Å². The summed E-state index contributed by atoms with van der Waals surface area (Å²) in [6, 6.07) is 0. The van der Waals surface area contributed by atoms with Crippen molar-refractivity contribution in [1.82, 2.24) is 5.32 Å². The van der Waals surface area contributed by atoms with Gasteiger partial charge < -0.3 is 10.4 Å². The molecule has 2 N–H and O–H groups in total. The molecule has 2 heteroatoms. The van der Waals surface area contributed by atoms with Crippen LogP contribution in [0.25, 0.3) is 0 Å². The second-order valence-corrected chi connectivity index (χ2v) is 5.78. The van der Waals surface area contributed by atoms with E-state index in [1.54, 1.807) is 0 Å². The fourth-order valence-corrected chi connectivity index (χ4v) is 2.83. The highest BCUT2D eigenvalue weighted by Crippen LogP contribution is 2.30. The third kappa shape index (κ3) is 3.74. The van der Waals surface area contributed by atoms with Gasteiger partial charge in [0.2, 0.25) is 0 Å². The summed E-state index contributed by atoms with van der Waals surface area (Å²) in [5, 5.41) is 13.1. The molecule has 0 aromatic heterocycles. The van der Waals surface area contributed by atoms with Crippen LogP contribution in [0.4, 0.5) is 0 Å². The van der Waals surface area contributed by atoms with Gasteiger partial charge in [-0.1, -0.05) is 27.2 Å². The normalized spacial score (nSPS) is 26.2. The number of nitrogens with one attached hydrogen (secondary N) is 1. The van der Waals surface area contributed by atoms with E-state index in [9.17, 15) is 5.11 Å². The number of hydrogen-bond donors (Lipinski definition) is 2. The monoisotopic (exact) mass is 227 g/mol. The first-order valence-electron chi connectivity index (χ1n) is 6.97. The van der Waals surface area contributed by atoms with Crippen LogP contribution in [-0.4, -0.2) is 24.8 Å². The first kappa shape index (κ1) is 14.0. The van der Waals surface area contributed by atoms with Crippen LogP contribution in [0, 0.1) is 17.3 Å². The zero-order valence-corrected chi connectivity index (χ0v) is 11.3. The van der Waals surface area contributed by atoms with Crippen LogP contribution in [0.2, 0.25) is 0 Å². The predicted molar refractivity (Wildman–Crippen MR) is 69.5 cm³/mol. The predicted octanol–water partition coefficient (Wildman–Crippen LogP) is 2.81. The molecule has 1 rings (SSSR count). The molecule has 0 aliphatic heterocycles. The molecule has 0 spiro atoms. The zero-order chi connectivity index (χ0) is 12.0. The Bertz CT molecular complexity index is 181. The summed E-state index contributed by atoms with van der Waals surface area (Å²) in [7, 11) is 0. The molecule has 1 aliphatic carbocycles. The molecular weight excluding hydrogens is 198 g/mol. The van der Waals surface area contributed by atoms with E-state index in [-0.39, 0.29) is 5.41 Å². The lowest BCUT2D eigenvalue weighted by Gasteiger charge is -2.30. The zero-order valence-electron chi connectivity index (χ0n) is 11.3. The Hall–Kier alpha value is -0.0800. The maximum atomic E-state index is 9.47. The van der Waals surface area contributed by atoms with E-state index >= 15 is 0 Å². The number of aliphatic hydroxyl groups is 1. The second kappa shape index (κ2) is 6.61. The van der Waals surface area contributed by atoms with E-state index < -0.39 is 0 Å². The van der Waals surface area contributed by atoms with Gasteiger partial charge in [0.25, 0.3) is 0 Å². The van der Waals surface area contributed by atoms with Crippen molar-refractivity contribution in [1.29, 1.82) is 0 Å². The van der Waals surface area contributed by atoms with Crippen molar-refractivity contribution >= 4 is 0 Å². The maximum Gasteiger partial charge on any atom is 0.0499 e. The van der Waals surface area contributed by atoms with Gasteiger partial charge in [-0.05, 0) is 44.1 Å². The average Bonchev–Trinajstić information content (AvgIpc) is 2.71. The number of rotatable bonds is 7. The summed E-state index contributed by atoms with van der Waals surface area (Å²) in [5.74, 6) is 1.80. The van der Waals surface area contributed by atoms with Crippen molar-refractivity contribution in [2.24, 2.45) is 17.3 Å². The molecule has 1 fully saturated rings. The summed E-state index contributed by atoms with van der Waals surface area (Å²) in [5.41, 5.74) is 0.115. The third-order valence-corrected chi connectivity index (χ3v) is 4.57. The highest BCUT2D eigenvalue weighted by atomic mass is 16.3. The largest absolute Gasteiger partial charge is 0.396 e. The van der Waals surface area contributed by atoms with Crippen LogP contribution in [0.5, 0.6) is 0 Å². The fourth-order valence-electron chi connectivity index (χ4n) is 2.83. The summed E-state index contributed by atoms with van der Waals surface area (Å²) < 4.78 is 0. The van der Waals surface area contributed by atoms with E-state index in [1.165, 1.54) is 19.3 Å². The first-order chi connectivity index (χ1) is 7.65. The highest BCUT2D eigenvalue weighted by Gasteiger charge is 2.26. The van der Waals surface area contributed by atoms with Gasteiger partial charge in [-0.25, -0.2) is 0 Å². The minimum Gasteiger partial charge on any atom is -0.396 e. The van der Waals surface area contributed by atoms with Gasteiger partial charge in [-0.15, -0.1) is 0 Å². The van der Waals surface area contributed by atoms with E-state index in [2.05, 4.69) is 26.1 Å². The quantitative estimate of drug-likeness (QED) is 0.701. The molecule has 0 saturated heterocycles. The molecule has 0 amide bonds. The third-order valence-electron chi connectivity index (χ3n) is 4.57. The molecule has 0 heterocycles. The Morgan fingerprint density at radius 2 is 1.94 bits per heavy atom. The maximum absolute atomic E-state index is 9.47. The van der Waals surface area contributed by atoms with Gasteiger partial charge in [0, 0.05) is 18.6 Å². The molecule has 16 heavy (non-hydrogen) atoms. The van der Waals surface area contributed by atoms with E-state index in [0.29, 0.717) is 6.61 Å². The van der Waals surface area contributed by atoms with Gasteiger partial charge in [0.15, 0.2) is 0 Å². The molecule has 0 aromatic rings. The van der Waals surface area contributed by atoms with E-state index in [0.717, 1.165) is 37.8 Å². The Labute approximate surface area is 101 Å². The molecule has 96 valence electrons. The molecule has 1 saturated carbocycles. The van der Waals surface area contributed by atoms with Crippen LogP contribution >= 0.6 is 0 Å². The van der Waals surface area contributed by atoms with Crippen molar-refractivity contribution in [2.75, 3.05) is 19.7 Å². The van der Waals surface area contributed by atoms with E-state index in [1.807, 2.05) is 0 Å². The van der Waals surface area contributed by atoms with Crippen LogP contribution in [0.1, 0.15) is 52.9 Å². The molecule has 2 nitrogen and oxygen atoms in total. The Kier molecular flexibility index (Phi) is 5.77. The fraction of sp³-hybridized carbons (Fsp3) is 1.00. The lowest BCUT2D eigenvalue weighted by atomic mass is 9.83. The van der Waals surface area contributed by atoms with Crippen molar-refractivity contribution < 1.29 is 5.11 Å². The van der Waals surface area contributed by atoms with Crippen molar-refractivity contribution in [2.45, 2.75) is 52.9 Å². The van der Waals surface area contributed by atoms with Gasteiger partial charge in [-0.3, -0.25) is 0 Å². The van der Waals surface area contributed by atoms with Gasteiger partial charge in [-0.2, -0.15) is 0 Å². The summed E-state index contributed by atoms with van der Waals surface area (Å²) in [6.07, 6.45) is 6.30. The molecular formula is C14H29NO. The highest BCUT2D eigenvalue weighted by molar-refractivity contribution is 4.80. The molecule has 0 bridgehead atoms. The smallest absolute Gasteiger partial charge is 0.0499 e. The number of aliphatic hydroxyl groups excluding tert-OH is 1. The van der Waals surface area contributed by atoms with Gasteiger partial charge in [0.05, 0.1) is 0 Å². The van der Waals surface area contributed by atoms with Gasteiger partial charge in [0.1, 0.15) is 0 Å². The first-order valence-corrected chi connectivity index (χ1v) is 6.97. The second-order valence-electron chi connectivity index (χ2n) is 5.78. The standard InChI is InChI=1S/C14H29NO/c1-4-14(5-2,11-16)10-15-9-13-7-6-12(3)8-13/h12-13,15-16H,4-11H2,1-3H3. The molecule has 0 radical (unpaired) electrons. The Morgan fingerprint density at radius 3 is 2.38 bits per heavy atom. The average molecular weight is 227 g/mol. The minimum atomic E-state index is 0.115. The lowest BCUT2D eigenvalue weighted by molar-refractivity contribution is 0.112. The van der Waals surface area contributed by atoms with E-state index in [4.69, 9.17) is 0 Å². The molecule has 0 aromatic carbocycles. The summed E-state index contributed by atoms with van der Waals surface area (Å²) >= 11 is 0. The van der Waals surface area contributed by atoms with Gasteiger partial charge >= 0.3 is 0 Å². The van der Waals surface area contributed by atoms with Crippen molar-refractivity contribution in [3.05, 3.63) is 0 Å². The number of hydrogen-bond acceptors (Lipinski definition) is 2.